The van der Waals surface area contributed by atoms with E-state index >= 15 is 0 Å². The second-order valence-corrected chi connectivity index (χ2v) is 0.433. The maximum atomic E-state index is 8.50. The van der Waals surface area contributed by atoms with Crippen molar-refractivity contribution in [2.75, 3.05) is 0 Å². The minimum Gasteiger partial charge on any atom is 0 e. The molecule has 0 N–H and O–H groups in total. The van der Waals surface area contributed by atoms with Crippen molar-refractivity contribution in [2.45, 2.75) is 0 Å². The molecule has 20 valence electrons. The number of hydrogen-bond acceptors (Lipinski definition) is 2. The second-order valence-electron chi connectivity index (χ2n) is 0.0833. The molecule has 0 fully saturated rings. The van der Waals surface area contributed by atoms with E-state index in [2.05, 4.69) is 0 Å². The summed E-state index contributed by atoms with van der Waals surface area (Å²) in [5.41, 5.74) is 0. The molecule has 0 aromatic carbocycles. The smallest absolute Gasteiger partial charge is 0 e. The molecule has 0 bridgehead atoms. The molecule has 4 radical (unpaired) electrons. The van der Waals surface area contributed by atoms with Crippen LogP contribution in [0.25, 0.3) is 0 Å². The van der Waals surface area contributed by atoms with E-state index in [-0.39, 0.29) is 11.0 Å². The van der Waals surface area contributed by atoms with Crippen LogP contribution in [0.2, 0.25) is 0 Å². The molecule has 4 heteroatoms. The minimum atomic E-state index is -2.00. The van der Waals surface area contributed by atoms with Gasteiger partial charge in [0.1, 0.15) is 0 Å². The van der Waals surface area contributed by atoms with Crippen molar-refractivity contribution in [1.82, 2.24) is 0 Å². The Morgan fingerprint density at radius 3 is 1.25 bits per heavy atom. The van der Waals surface area contributed by atoms with Gasteiger partial charge in [-0.15, -0.1) is 0 Å². The normalized spacial score (nSPS) is 2.00. The Bertz CT molecular complexity index is 27.0. The van der Waals surface area contributed by atoms with Crippen LogP contribution < -0.4 is 0 Å². The van der Waals surface area contributed by atoms with Crippen LogP contribution in [0.4, 0.5) is 0 Å². The van der Waals surface area contributed by atoms with Gasteiger partial charge in [0.05, 0.1) is 0 Å². The van der Waals surface area contributed by atoms with Gasteiger partial charge in [-0.1, -0.05) is 0 Å². The third-order valence-corrected chi connectivity index (χ3v) is 0. The maximum Gasteiger partial charge on any atom is 0 e. The fourth-order valence-corrected chi connectivity index (χ4v) is 0. The monoisotopic (exact) mass is 134 g/mol. The molecule has 0 aromatic rings. The molecule has 0 saturated carbocycles. The van der Waals surface area contributed by atoms with Crippen LogP contribution in [0.1, 0.15) is 0 Å². The van der Waals surface area contributed by atoms with Crippen LogP contribution in [0.15, 0.2) is 0 Å². The third kappa shape index (κ3) is 33.7. The van der Waals surface area contributed by atoms with Crippen molar-refractivity contribution in [3.8, 4) is 0 Å². The van der Waals surface area contributed by atoms with Gasteiger partial charge in [-0.2, -0.15) is 0 Å². The second kappa shape index (κ2) is 10.1. The van der Waals surface area contributed by atoms with Crippen molar-refractivity contribution >= 4 is 26.3 Å². The first-order chi connectivity index (χ1) is 1.41. The summed E-state index contributed by atoms with van der Waals surface area (Å²) in [5.74, 6) is 0. The number of rotatable bonds is 0. The quantitative estimate of drug-likeness (QED) is 0.397. The zero-order chi connectivity index (χ0) is 2.71. The van der Waals surface area contributed by atoms with E-state index in [9.17, 15) is 0 Å². The summed E-state index contributed by atoms with van der Waals surface area (Å²) in [6, 6.07) is 0. The van der Waals surface area contributed by atoms with E-state index < -0.39 is 15.3 Å². The summed E-state index contributed by atoms with van der Waals surface area (Å²) in [4.78, 5) is 0. The van der Waals surface area contributed by atoms with Crippen LogP contribution in [-0.4, -0.2) is 26.3 Å². The molecule has 0 atom stereocenters. The largest absolute Gasteiger partial charge is 0 e. The molecule has 0 aliphatic heterocycles. The Morgan fingerprint density at radius 2 is 1.25 bits per heavy atom. The van der Waals surface area contributed by atoms with Crippen LogP contribution in [-0.2, 0) is 7.56 Å². The average Bonchev–Trinajstić information content (AvgIpc) is 0.918. The van der Waals surface area contributed by atoms with Crippen LogP contribution in [0, 0.1) is 0 Å². The minimum absolute atomic E-state index is 0. The molecule has 4 heavy (non-hydrogen) atoms. The summed E-state index contributed by atoms with van der Waals surface area (Å²) < 4.78 is 17.0. The standard InChI is InChI=1S/GeO2.Si/c2-1-3;. The summed E-state index contributed by atoms with van der Waals surface area (Å²) in [6.45, 7) is 0. The van der Waals surface area contributed by atoms with E-state index in [4.69, 9.17) is 7.56 Å². The Balaban J connectivity index is 0. The molecular weight excluding hydrogens is 133 g/mol. The molecule has 2 nitrogen and oxygen atoms in total. The molecule has 0 rings (SSSR count). The van der Waals surface area contributed by atoms with Gasteiger partial charge in [0.2, 0.25) is 0 Å². The molecule has 0 amide bonds. The van der Waals surface area contributed by atoms with Gasteiger partial charge < -0.3 is 0 Å². The first-order valence-electron chi connectivity index (χ1n) is 0.408. The van der Waals surface area contributed by atoms with Crippen molar-refractivity contribution in [1.29, 1.82) is 0 Å². The molecule has 0 spiro atoms. The number of hydrogen-bond donors (Lipinski definition) is 0. The van der Waals surface area contributed by atoms with Gasteiger partial charge >= 0.3 is 22.9 Å². The van der Waals surface area contributed by atoms with Crippen molar-refractivity contribution in [3.05, 3.63) is 0 Å². The van der Waals surface area contributed by atoms with Crippen molar-refractivity contribution < 1.29 is 7.56 Å². The SMILES string of the molecule is [O]=[Ge]=[O].[Si]. The van der Waals surface area contributed by atoms with Gasteiger partial charge in [0.15, 0.2) is 0 Å². The Kier molecular flexibility index (Phi) is 22.4. The van der Waals surface area contributed by atoms with Crippen LogP contribution in [0.3, 0.4) is 0 Å². The summed E-state index contributed by atoms with van der Waals surface area (Å²) in [5, 5.41) is 0. The van der Waals surface area contributed by atoms with Gasteiger partial charge in [-0.3, -0.25) is 0 Å². The third-order valence-electron chi connectivity index (χ3n) is 0. The van der Waals surface area contributed by atoms with E-state index in [0.29, 0.717) is 0 Å². The van der Waals surface area contributed by atoms with Gasteiger partial charge in [0.25, 0.3) is 0 Å². The van der Waals surface area contributed by atoms with Crippen molar-refractivity contribution in [2.24, 2.45) is 0 Å². The van der Waals surface area contributed by atoms with E-state index in [1.165, 1.54) is 0 Å². The first kappa shape index (κ1) is 8.84. The summed E-state index contributed by atoms with van der Waals surface area (Å²) in [7, 11) is 0. The molecule has 0 saturated heterocycles. The van der Waals surface area contributed by atoms with Crippen molar-refractivity contribution in [3.63, 3.8) is 0 Å². The molecule has 0 aliphatic rings. The zero-order valence-electron chi connectivity index (χ0n) is 1.82. The van der Waals surface area contributed by atoms with Crippen LogP contribution >= 0.6 is 0 Å². The molecule has 0 aliphatic carbocycles. The van der Waals surface area contributed by atoms with Crippen LogP contribution in [0.5, 0.6) is 0 Å². The maximum absolute atomic E-state index is 8.50. The van der Waals surface area contributed by atoms with Gasteiger partial charge in [0, 0.05) is 11.0 Å². The van der Waals surface area contributed by atoms with E-state index in [1.807, 2.05) is 0 Å². The van der Waals surface area contributed by atoms with Gasteiger partial charge in [-0.05, 0) is 0 Å². The average molecular weight is 133 g/mol. The Hall–Kier alpha value is 0.360. The van der Waals surface area contributed by atoms with E-state index in [0.717, 1.165) is 0 Å². The fourth-order valence-electron chi connectivity index (χ4n) is 0. The summed E-state index contributed by atoms with van der Waals surface area (Å²) in [6.07, 6.45) is 0. The van der Waals surface area contributed by atoms with E-state index in [1.54, 1.807) is 0 Å². The first-order valence-corrected chi connectivity index (χ1v) is 2.12. The Labute approximate surface area is 34.5 Å². The predicted molar refractivity (Wildman–Crippen MR) is 12.9 cm³/mol. The Morgan fingerprint density at radius 1 is 1.25 bits per heavy atom. The molecular formula is GeO2Si. The molecule has 0 unspecified atom stereocenters. The molecule has 0 aromatic heterocycles. The van der Waals surface area contributed by atoms with Gasteiger partial charge in [-0.25, -0.2) is 0 Å². The topological polar surface area (TPSA) is 34.1 Å². The summed E-state index contributed by atoms with van der Waals surface area (Å²) >= 11 is -2.00. The fraction of sp³-hybridized carbons (Fsp3) is 0. The molecule has 0 heterocycles. The predicted octanol–water partition coefficient (Wildman–Crippen LogP) is -0.999. The zero-order valence-corrected chi connectivity index (χ0v) is 4.91.